The van der Waals surface area contributed by atoms with Crippen molar-refractivity contribution in [3.63, 3.8) is 0 Å². The molecular formula is C96H52N6OS. The first-order valence-electron chi connectivity index (χ1n) is 35.4. The Morgan fingerprint density at radius 2 is 0.663 bits per heavy atom. The van der Waals surface area contributed by atoms with Gasteiger partial charge in [0.15, 0.2) is 5.58 Å². The molecule has 0 aliphatic carbocycles. The van der Waals surface area contributed by atoms with Crippen LogP contribution in [-0.2, 0) is 0 Å². The molecule has 0 spiro atoms. The van der Waals surface area contributed by atoms with Crippen LogP contribution in [0, 0.1) is 0 Å². The molecule has 478 valence electrons. The maximum Gasteiger partial charge on any atom is 0.236 e. The van der Waals surface area contributed by atoms with Gasteiger partial charge in [-0.05, 0) is 169 Å². The highest BCUT2D eigenvalue weighted by atomic mass is 32.1. The number of hydrogen-bond acceptors (Lipinski definition) is 6. The van der Waals surface area contributed by atoms with Crippen LogP contribution in [0.5, 0.6) is 0 Å². The molecule has 0 atom stereocenters. The van der Waals surface area contributed by atoms with Gasteiger partial charge >= 0.3 is 0 Å². The average molecular weight is 1340 g/mol. The third-order valence-electron chi connectivity index (χ3n) is 22.4. The van der Waals surface area contributed by atoms with E-state index >= 15 is 0 Å². The van der Waals surface area contributed by atoms with E-state index in [4.69, 9.17) is 24.4 Å². The first-order valence-corrected chi connectivity index (χ1v) is 36.2. The Hall–Kier alpha value is -13.7. The highest BCUT2D eigenvalue weighted by Crippen LogP contribution is 2.51. The Morgan fingerprint density at radius 1 is 0.250 bits per heavy atom. The molecule has 24 aromatic rings. The molecule has 7 nitrogen and oxygen atoms in total. The third-order valence-corrected chi connectivity index (χ3v) is 23.6. The van der Waals surface area contributed by atoms with E-state index in [1.54, 1.807) is 11.3 Å². The van der Waals surface area contributed by atoms with Gasteiger partial charge in [0.25, 0.3) is 0 Å². The molecule has 0 N–H and O–H groups in total. The number of nitrogens with zero attached hydrogens (tertiary/aromatic N) is 6. The standard InChI is InChI=1S/C96H52N6OS/c1-2-21-57-50-60(41-37-53(57)18-1)90-94-92(75-31-14-16-35-81(75)104-94)100-96(98-90)102-77-47-43-56-20-4-6-23-63(56)86(77)88-79(102)49-45-73-70-33-17-32-64(82(70)69-28-11-12-29-71(69)84(73)88)58-39-36-54-38-40-59(52-61(54)51-58)89-93-91(74-30-13-15-34-80(74)103-93)99-95(97-89)101-76-46-42-55-19-3-5-22-62(55)85(76)87-78(101)48-44-72-67-26-8-7-24-65(67)66-25-9-10-27-68(66)83(72)87/h1-52H. The maximum atomic E-state index is 6.93. The molecule has 24 rings (SSSR count). The van der Waals surface area contributed by atoms with Crippen LogP contribution >= 0.6 is 11.3 Å². The van der Waals surface area contributed by atoms with Crippen LogP contribution < -0.4 is 0 Å². The van der Waals surface area contributed by atoms with E-state index in [-0.39, 0.29) is 0 Å². The molecule has 6 aromatic heterocycles. The molecule has 18 aromatic carbocycles. The van der Waals surface area contributed by atoms with E-state index in [1.165, 1.54) is 123 Å². The van der Waals surface area contributed by atoms with Crippen LogP contribution in [0.1, 0.15) is 0 Å². The zero-order chi connectivity index (χ0) is 67.6. The predicted molar refractivity (Wildman–Crippen MR) is 438 cm³/mol. The van der Waals surface area contributed by atoms with E-state index in [1.807, 2.05) is 12.1 Å². The SMILES string of the molecule is c1ccc2cc(-c3nc(-n4c5ccc6ccccc6c5c5c6c7ccccc7c7c(-c8ccc9ccc(-c%10nc(-n%11c%12ccc%13ccccc%13c%12c%12c%13c%14ccccc%14c%14ccccc%14c%13ccc%12%11)nc%11c%10oc%10ccccc%10%11)cc9c8)cccc7c6ccc54)nc4c3sc3ccccc34)ccc2c1. The number of aromatic nitrogens is 6. The number of rotatable bonds is 5. The van der Waals surface area contributed by atoms with Crippen molar-refractivity contribution in [1.82, 2.24) is 29.1 Å². The zero-order valence-corrected chi connectivity index (χ0v) is 56.3. The second-order valence-corrected chi connectivity index (χ2v) is 28.8. The number of thiophene rings is 1. The Morgan fingerprint density at radius 3 is 1.32 bits per heavy atom. The summed E-state index contributed by atoms with van der Waals surface area (Å²) in [5.41, 5.74) is 13.2. The van der Waals surface area contributed by atoms with Crippen LogP contribution in [0.25, 0.3) is 239 Å². The van der Waals surface area contributed by atoms with Gasteiger partial charge in [0.05, 0.1) is 38.0 Å². The zero-order valence-electron chi connectivity index (χ0n) is 55.5. The van der Waals surface area contributed by atoms with Crippen molar-refractivity contribution in [2.75, 3.05) is 0 Å². The summed E-state index contributed by atoms with van der Waals surface area (Å²) < 4.78 is 13.8. The summed E-state index contributed by atoms with van der Waals surface area (Å²) in [4.78, 5) is 22.7. The average Bonchev–Trinajstić information content (AvgIpc) is 1.51. The molecular weight excluding hydrogens is 1290 g/mol. The molecule has 0 radical (unpaired) electrons. The summed E-state index contributed by atoms with van der Waals surface area (Å²) in [6, 6.07) is 115. The molecule has 0 aliphatic heterocycles. The Kier molecular flexibility index (Phi) is 11.3. The van der Waals surface area contributed by atoms with E-state index < -0.39 is 0 Å². The van der Waals surface area contributed by atoms with Crippen LogP contribution in [0.3, 0.4) is 0 Å². The molecule has 0 bridgehead atoms. The summed E-state index contributed by atoms with van der Waals surface area (Å²) in [5.74, 6) is 1.21. The molecule has 0 aliphatic rings. The normalized spacial score (nSPS) is 12.4. The van der Waals surface area contributed by atoms with Gasteiger partial charge in [-0.3, -0.25) is 9.13 Å². The third kappa shape index (κ3) is 7.73. The van der Waals surface area contributed by atoms with Crippen LogP contribution in [0.15, 0.2) is 320 Å². The second kappa shape index (κ2) is 21.0. The fraction of sp³-hybridized carbons (Fsp3) is 0. The van der Waals surface area contributed by atoms with Gasteiger partial charge in [0.2, 0.25) is 11.9 Å². The van der Waals surface area contributed by atoms with Crippen molar-refractivity contribution >= 4 is 205 Å². The van der Waals surface area contributed by atoms with Crippen molar-refractivity contribution in [2.45, 2.75) is 0 Å². The van der Waals surface area contributed by atoms with Crippen LogP contribution in [-0.4, -0.2) is 29.1 Å². The van der Waals surface area contributed by atoms with Gasteiger partial charge in [-0.2, -0.15) is 0 Å². The van der Waals surface area contributed by atoms with Gasteiger partial charge in [0, 0.05) is 58.9 Å². The lowest BCUT2D eigenvalue weighted by molar-refractivity contribution is 0.666. The first kappa shape index (κ1) is 56.1. The molecule has 0 unspecified atom stereocenters. The summed E-state index contributed by atoms with van der Waals surface area (Å²) in [5, 5.41) is 30.6. The summed E-state index contributed by atoms with van der Waals surface area (Å²) in [6.45, 7) is 0. The number of fused-ring (bicyclic) bond motifs is 32. The minimum atomic E-state index is 0.575. The fourth-order valence-corrected chi connectivity index (χ4v) is 19.1. The van der Waals surface area contributed by atoms with Crippen molar-refractivity contribution in [2.24, 2.45) is 0 Å². The van der Waals surface area contributed by atoms with Crippen molar-refractivity contribution in [1.29, 1.82) is 0 Å². The van der Waals surface area contributed by atoms with Crippen LogP contribution in [0.4, 0.5) is 0 Å². The number of para-hydroxylation sites is 1. The monoisotopic (exact) mass is 1340 g/mol. The summed E-state index contributed by atoms with van der Waals surface area (Å²) >= 11 is 1.77. The minimum Gasteiger partial charge on any atom is -0.452 e. The lowest BCUT2D eigenvalue weighted by atomic mass is 9.87. The van der Waals surface area contributed by atoms with E-state index in [0.29, 0.717) is 17.5 Å². The molecule has 6 heterocycles. The van der Waals surface area contributed by atoms with Gasteiger partial charge in [0.1, 0.15) is 16.8 Å². The molecule has 0 amide bonds. The highest BCUT2D eigenvalue weighted by molar-refractivity contribution is 7.26. The predicted octanol–water partition coefficient (Wildman–Crippen LogP) is 26.3. The van der Waals surface area contributed by atoms with Gasteiger partial charge in [-0.15, -0.1) is 11.3 Å². The summed E-state index contributed by atoms with van der Waals surface area (Å²) in [6.07, 6.45) is 0. The Balaban J connectivity index is 0.718. The van der Waals surface area contributed by atoms with E-state index in [0.717, 1.165) is 98.6 Å². The second-order valence-electron chi connectivity index (χ2n) is 27.8. The lowest BCUT2D eigenvalue weighted by Crippen LogP contribution is -2.03. The van der Waals surface area contributed by atoms with Gasteiger partial charge < -0.3 is 4.42 Å². The molecule has 0 saturated heterocycles. The van der Waals surface area contributed by atoms with Crippen LogP contribution in [0.2, 0.25) is 0 Å². The highest BCUT2D eigenvalue weighted by Gasteiger charge is 2.28. The number of furan rings is 1. The summed E-state index contributed by atoms with van der Waals surface area (Å²) in [7, 11) is 0. The van der Waals surface area contributed by atoms with Gasteiger partial charge in [-0.1, -0.05) is 255 Å². The topological polar surface area (TPSA) is 74.6 Å². The van der Waals surface area contributed by atoms with E-state index in [2.05, 4.69) is 312 Å². The quantitative estimate of drug-likeness (QED) is 0.161. The Bertz CT molecular complexity index is 7950. The van der Waals surface area contributed by atoms with E-state index in [9.17, 15) is 0 Å². The van der Waals surface area contributed by atoms with Crippen molar-refractivity contribution in [3.8, 4) is 45.5 Å². The van der Waals surface area contributed by atoms with Crippen molar-refractivity contribution < 1.29 is 4.42 Å². The fourth-order valence-electron chi connectivity index (χ4n) is 17.9. The molecule has 0 saturated carbocycles. The molecule has 8 heteroatoms. The van der Waals surface area contributed by atoms with Gasteiger partial charge in [-0.25, -0.2) is 19.9 Å². The van der Waals surface area contributed by atoms with Crippen molar-refractivity contribution in [3.05, 3.63) is 315 Å². The number of hydrogen-bond donors (Lipinski definition) is 0. The Labute approximate surface area is 595 Å². The largest absolute Gasteiger partial charge is 0.452 e. The molecule has 104 heavy (non-hydrogen) atoms. The minimum absolute atomic E-state index is 0.575. The first-order chi connectivity index (χ1) is 51.6. The maximum absolute atomic E-state index is 6.93. The lowest BCUT2D eigenvalue weighted by Gasteiger charge is -2.16. The smallest absolute Gasteiger partial charge is 0.236 e. The number of benzene rings is 18. The molecule has 0 fully saturated rings.